The van der Waals surface area contributed by atoms with Gasteiger partial charge in [-0.3, -0.25) is 9.59 Å². The van der Waals surface area contributed by atoms with Crippen molar-refractivity contribution in [3.63, 3.8) is 0 Å². The molecule has 83 heavy (non-hydrogen) atoms. The van der Waals surface area contributed by atoms with Gasteiger partial charge in [-0.1, -0.05) is 125 Å². The summed E-state index contributed by atoms with van der Waals surface area (Å²) in [6.07, 6.45) is -4.04. The number of nitrogens with two attached hydrogens (primary N) is 1. The van der Waals surface area contributed by atoms with E-state index in [1.54, 1.807) is 114 Å². The van der Waals surface area contributed by atoms with Crippen molar-refractivity contribution in [2.24, 2.45) is 16.6 Å². The minimum absolute atomic E-state index is 0. The molecule has 18 nitrogen and oxygen atoms in total. The van der Waals surface area contributed by atoms with Crippen LogP contribution in [0.5, 0.6) is 11.5 Å². The number of rotatable bonds is 23. The van der Waals surface area contributed by atoms with Crippen molar-refractivity contribution in [1.29, 1.82) is 0 Å². The molecule has 0 aliphatic rings. The van der Waals surface area contributed by atoms with Gasteiger partial charge in [0.1, 0.15) is 23.7 Å². The van der Waals surface area contributed by atoms with Crippen LogP contribution in [0.4, 0.5) is 9.59 Å². The average molecular weight is 1230 g/mol. The minimum atomic E-state index is -1.36. The Bertz CT molecular complexity index is 2570. The number of amides is 2. The van der Waals surface area contributed by atoms with Crippen LogP contribution in [0.2, 0.25) is 10.0 Å². The summed E-state index contributed by atoms with van der Waals surface area (Å²) < 4.78 is 54.9. The van der Waals surface area contributed by atoms with Crippen LogP contribution < -0.4 is 31.2 Å². The Hall–Kier alpha value is -6.31. The zero-order valence-electron chi connectivity index (χ0n) is 51.5. The molecule has 0 aliphatic heterocycles. The normalized spacial score (nSPS) is 12.5. The van der Waals surface area contributed by atoms with E-state index in [-0.39, 0.29) is 56.4 Å². The fourth-order valence-electron chi connectivity index (χ4n) is 6.65. The molecule has 4 aromatic rings. The molecule has 0 aliphatic carbocycles. The Morgan fingerprint density at radius 3 is 1.16 bits per heavy atom. The largest absolute Gasteiger partial charge is 0.511 e. The second-order valence-corrected chi connectivity index (χ2v) is 21.8. The zero-order chi connectivity index (χ0) is 62.4. The second-order valence-electron chi connectivity index (χ2n) is 21.0. The predicted molar refractivity (Wildman–Crippen MR) is 332 cm³/mol. The number of nitrogens with one attached hydrogen (secondary N) is 3. The van der Waals surface area contributed by atoms with Crippen LogP contribution in [0.1, 0.15) is 154 Å². The van der Waals surface area contributed by atoms with Crippen LogP contribution in [0.25, 0.3) is 0 Å². The molecule has 2 amide bonds. The number of carbonyl (C=O) groups is 6. The van der Waals surface area contributed by atoms with Crippen molar-refractivity contribution in [3.8, 4) is 11.5 Å². The Balaban J connectivity index is -0.00000142. The Morgan fingerprint density at radius 1 is 0.554 bits per heavy atom. The highest BCUT2D eigenvalue weighted by Crippen LogP contribution is 2.26. The quantitative estimate of drug-likeness (QED) is 0.0307. The van der Waals surface area contributed by atoms with E-state index >= 15 is 0 Å². The maximum Gasteiger partial charge on any atom is 0.511 e. The number of carbonyl (C=O) groups excluding carboxylic acids is 6. The maximum absolute atomic E-state index is 12.7. The molecule has 5 N–H and O–H groups in total. The van der Waals surface area contributed by atoms with Crippen molar-refractivity contribution >= 4 is 71.7 Å². The summed E-state index contributed by atoms with van der Waals surface area (Å²) in [4.78, 5) is 74.1. The molecule has 0 bridgehead atoms. The standard InChI is InChI=1S/C29H39ClN2O7.C28H37ClN2O7.C2H6.3CH4.ClH/c1-19(37-27(35)38-24(18-31-7)28(2,3)4)36-26(34)29(5,6)39-23-14-8-20(9-15-23)16-17-32-25(33)21-10-12-22(30)13-11-21;1-18(36-26(34)37-23(17-30)27(2,3)4)35-25(33)28(5,6)38-22-13-7-19(8-14-22)15-16-31-24(32)20-9-11-21(29)12-10-20;1-2;;;;/h8-15,19,24,31H,16-18H2,1-7H3,(H,32,33);7-14,18,23H,15-17,30H2,1-6H3,(H,31,32);1-2H3;3*1H4;1H/i;;1D;1T;;;. The maximum atomic E-state index is 12.7. The molecule has 4 rings (SSSR count). The summed E-state index contributed by atoms with van der Waals surface area (Å²) in [5, 5.41) is 9.85. The number of hydrogen-bond donors (Lipinski definition) is 4. The van der Waals surface area contributed by atoms with E-state index in [0.29, 0.717) is 72.0 Å². The molecule has 0 radical (unpaired) electrons. The van der Waals surface area contributed by atoms with Crippen LogP contribution in [-0.4, -0.2) is 105 Å². The lowest BCUT2D eigenvalue weighted by Crippen LogP contribution is -2.43. The molecule has 0 aromatic heterocycles. The minimum Gasteiger partial charge on any atom is -0.476 e. The summed E-state index contributed by atoms with van der Waals surface area (Å²) >= 11 is 11.7. The van der Waals surface area contributed by atoms with Crippen molar-refractivity contribution in [2.75, 3.05) is 33.2 Å². The van der Waals surface area contributed by atoms with Gasteiger partial charge in [-0.2, -0.15) is 0 Å². The van der Waals surface area contributed by atoms with E-state index in [1.807, 2.05) is 65.8 Å². The Morgan fingerprint density at radius 2 is 0.867 bits per heavy atom. The number of likely N-dealkylation sites (N-methyl/N-ethyl adjacent to an activating group) is 1. The summed E-state index contributed by atoms with van der Waals surface area (Å²) in [6.45, 7) is 24.3. The second kappa shape index (κ2) is 38.5. The van der Waals surface area contributed by atoms with Gasteiger partial charge >= 0.3 is 24.2 Å². The fourth-order valence-corrected chi connectivity index (χ4v) is 6.90. The lowest BCUT2D eigenvalue weighted by atomic mass is 9.89. The number of ether oxygens (including phenoxy) is 8. The van der Waals surface area contributed by atoms with Crippen LogP contribution >= 0.6 is 35.6 Å². The molecule has 0 saturated heterocycles. The number of benzene rings is 4. The topological polar surface area (TPSA) is 238 Å². The molecule has 0 spiro atoms. The van der Waals surface area contributed by atoms with Crippen molar-refractivity contribution in [2.45, 2.75) is 168 Å². The summed E-state index contributed by atoms with van der Waals surface area (Å²) in [6, 6.07) is 27.6. The van der Waals surface area contributed by atoms with Crippen LogP contribution in [-0.2, 0) is 50.9 Å². The van der Waals surface area contributed by atoms with Gasteiger partial charge in [-0.15, -0.1) is 12.4 Å². The molecule has 4 aromatic carbocycles. The number of esters is 2. The summed E-state index contributed by atoms with van der Waals surface area (Å²) in [5.74, 6) is -0.881. The van der Waals surface area contributed by atoms with Crippen molar-refractivity contribution < 1.29 is 69.4 Å². The lowest BCUT2D eigenvalue weighted by molar-refractivity contribution is -0.185. The van der Waals surface area contributed by atoms with E-state index in [1.165, 1.54) is 21.3 Å². The smallest absolute Gasteiger partial charge is 0.476 e. The van der Waals surface area contributed by atoms with Gasteiger partial charge in [0.25, 0.3) is 11.8 Å². The van der Waals surface area contributed by atoms with Gasteiger partial charge in [0.05, 0.1) is 0 Å². The van der Waals surface area contributed by atoms with Gasteiger partial charge in [0, 0.05) is 74.8 Å². The van der Waals surface area contributed by atoms with Gasteiger partial charge in [-0.05, 0) is 132 Å². The first kappa shape index (κ1) is 76.7. The van der Waals surface area contributed by atoms with Gasteiger partial charge in [0.15, 0.2) is 11.2 Å². The van der Waals surface area contributed by atoms with Gasteiger partial charge < -0.3 is 59.6 Å². The molecule has 4 unspecified atom stereocenters. The molecule has 21 heteroatoms. The first-order chi connectivity index (χ1) is 38.3. The van der Waals surface area contributed by atoms with E-state index in [9.17, 15) is 28.8 Å². The highest BCUT2D eigenvalue weighted by molar-refractivity contribution is 6.31. The molecular formula is C62H95Cl3N4O14. The molecular weight excluding hydrogens is 1130 g/mol. The van der Waals surface area contributed by atoms with Gasteiger partial charge in [0.2, 0.25) is 12.6 Å². The van der Waals surface area contributed by atoms with E-state index in [0.717, 1.165) is 11.1 Å². The molecule has 0 saturated carbocycles. The van der Waals surface area contributed by atoms with Crippen LogP contribution in [0.3, 0.4) is 0 Å². The highest BCUT2D eigenvalue weighted by Gasteiger charge is 2.37. The SMILES string of the molecule is C.C.CC(OC(=O)OC(CN)C(C)(C)C)OC(=O)C(C)(C)Oc1ccc(CCNC(=O)c2ccc(Cl)cc2)cc1.CNCC(OC(=O)OC(C)OC(=O)C(C)(C)Oc1ccc(CCNC(=O)c2ccc(Cl)cc2)cc1)C(C)(C)C.Cl.[2H]CC.[3H]C. The molecule has 0 fully saturated rings. The summed E-state index contributed by atoms with van der Waals surface area (Å²) in [7, 11) is 3.01. The first-order valence-corrected chi connectivity index (χ1v) is 26.5. The Kier molecular flexibility index (Phi) is 35.6. The summed E-state index contributed by atoms with van der Waals surface area (Å²) in [5.41, 5.74) is 5.30. The van der Waals surface area contributed by atoms with E-state index in [4.69, 9.17) is 69.6 Å². The highest BCUT2D eigenvalue weighted by atomic mass is 35.5. The average Bonchev–Trinajstić information content (AvgIpc) is 3.60. The zero-order valence-corrected chi connectivity index (χ0v) is 51.8. The van der Waals surface area contributed by atoms with Crippen LogP contribution in [0, 0.1) is 10.8 Å². The third-order valence-electron chi connectivity index (χ3n) is 11.3. The fraction of sp³-hybridized carbons (Fsp3) is 0.516. The third-order valence-corrected chi connectivity index (χ3v) is 11.8. The number of halogens is 3. The van der Waals surface area contributed by atoms with Crippen molar-refractivity contribution in [1.82, 2.24) is 16.0 Å². The number of hydrogen-bond acceptors (Lipinski definition) is 16. The van der Waals surface area contributed by atoms with Crippen molar-refractivity contribution in [3.05, 3.63) is 129 Å². The Labute approximate surface area is 513 Å². The van der Waals surface area contributed by atoms with Crippen LogP contribution in [0.15, 0.2) is 97.1 Å². The van der Waals surface area contributed by atoms with E-state index in [2.05, 4.69) is 16.0 Å². The molecule has 0 heterocycles. The lowest BCUT2D eigenvalue weighted by Gasteiger charge is -2.30. The monoisotopic (exact) mass is 1230 g/mol. The molecule has 4 atom stereocenters. The molecule has 468 valence electrons. The predicted octanol–water partition coefficient (Wildman–Crippen LogP) is 13.4. The third kappa shape index (κ3) is 30.2. The first-order valence-electron chi connectivity index (χ1n) is 27.5. The van der Waals surface area contributed by atoms with Gasteiger partial charge in [-0.25, -0.2) is 19.2 Å². The van der Waals surface area contributed by atoms with E-state index < -0.39 is 60.2 Å².